The van der Waals surface area contributed by atoms with Crippen molar-refractivity contribution in [1.29, 1.82) is 0 Å². The minimum Gasteiger partial charge on any atom is -0.383 e. The molecule has 0 aliphatic carbocycles. The Kier molecular flexibility index (Phi) is 3.57. The third-order valence-corrected chi connectivity index (χ3v) is 3.19. The number of allylic oxidation sites excluding steroid dienone is 1. The maximum absolute atomic E-state index is 4.23. The molecule has 0 aromatic carbocycles. The van der Waals surface area contributed by atoms with Gasteiger partial charge in [-0.3, -0.25) is 9.98 Å². The van der Waals surface area contributed by atoms with Gasteiger partial charge >= 0.3 is 0 Å². The van der Waals surface area contributed by atoms with Gasteiger partial charge in [0.15, 0.2) is 0 Å². The molecule has 0 fully saturated rings. The van der Waals surface area contributed by atoms with Crippen LogP contribution in [0.4, 0.5) is 0 Å². The molecule has 1 N–H and O–H groups in total. The Morgan fingerprint density at radius 1 is 1.35 bits per heavy atom. The standard InChI is InChI=1S/C14H19N3/c1-10-4-14(9-15-5-10)17-8-13-7-16-6-11(2)12(13)3/h5-7,9-10,17H,4,8H2,1-3H3. The topological polar surface area (TPSA) is 37.3 Å². The average Bonchev–Trinajstić information content (AvgIpc) is 2.31. The smallest absolute Gasteiger partial charge is 0.0453 e. The van der Waals surface area contributed by atoms with E-state index in [1.807, 2.05) is 24.8 Å². The largest absolute Gasteiger partial charge is 0.383 e. The van der Waals surface area contributed by atoms with Crippen molar-refractivity contribution < 1.29 is 0 Å². The molecule has 3 nitrogen and oxygen atoms in total. The predicted molar refractivity (Wildman–Crippen MR) is 70.9 cm³/mol. The fraction of sp³-hybridized carbons (Fsp3) is 0.429. The van der Waals surface area contributed by atoms with Gasteiger partial charge in [0.2, 0.25) is 0 Å². The number of nitrogens with one attached hydrogen (secondary N) is 1. The van der Waals surface area contributed by atoms with Crippen LogP contribution in [0.25, 0.3) is 0 Å². The summed E-state index contributed by atoms with van der Waals surface area (Å²) >= 11 is 0. The Morgan fingerprint density at radius 3 is 2.94 bits per heavy atom. The summed E-state index contributed by atoms with van der Waals surface area (Å²) in [6.45, 7) is 7.24. The summed E-state index contributed by atoms with van der Waals surface area (Å²) in [5.41, 5.74) is 5.03. The zero-order valence-corrected chi connectivity index (χ0v) is 10.7. The first-order valence-electron chi connectivity index (χ1n) is 6.03. The van der Waals surface area contributed by atoms with Gasteiger partial charge in [-0.25, -0.2) is 0 Å². The van der Waals surface area contributed by atoms with Crippen LogP contribution >= 0.6 is 0 Å². The number of nitrogens with zero attached hydrogens (tertiary/aromatic N) is 2. The van der Waals surface area contributed by atoms with Gasteiger partial charge in [0, 0.05) is 37.1 Å². The van der Waals surface area contributed by atoms with Gasteiger partial charge in [-0.1, -0.05) is 6.92 Å². The first-order valence-corrected chi connectivity index (χ1v) is 6.03. The molecule has 0 radical (unpaired) electrons. The number of aliphatic imine (C=N–C) groups is 1. The van der Waals surface area contributed by atoms with Crippen molar-refractivity contribution in [2.45, 2.75) is 33.7 Å². The number of hydrogen-bond donors (Lipinski definition) is 1. The SMILES string of the molecule is Cc1cncc(CNC2=CN=CC(C)C2)c1C. The summed E-state index contributed by atoms with van der Waals surface area (Å²) in [5, 5.41) is 3.44. The Bertz CT molecular complexity index is 461. The van der Waals surface area contributed by atoms with E-state index in [1.165, 1.54) is 22.4 Å². The van der Waals surface area contributed by atoms with Gasteiger partial charge in [0.1, 0.15) is 0 Å². The highest BCUT2D eigenvalue weighted by Crippen LogP contribution is 2.15. The van der Waals surface area contributed by atoms with Crippen molar-refractivity contribution in [1.82, 2.24) is 10.3 Å². The van der Waals surface area contributed by atoms with E-state index in [4.69, 9.17) is 0 Å². The van der Waals surface area contributed by atoms with Crippen LogP contribution in [-0.4, -0.2) is 11.2 Å². The van der Waals surface area contributed by atoms with E-state index in [0.29, 0.717) is 5.92 Å². The Labute approximate surface area is 103 Å². The molecule has 1 aromatic rings. The van der Waals surface area contributed by atoms with Crippen molar-refractivity contribution in [3.63, 3.8) is 0 Å². The Balaban J connectivity index is 2.01. The monoisotopic (exact) mass is 229 g/mol. The fourth-order valence-electron chi connectivity index (χ4n) is 1.92. The van der Waals surface area contributed by atoms with E-state index in [-0.39, 0.29) is 0 Å². The van der Waals surface area contributed by atoms with Crippen molar-refractivity contribution >= 4 is 6.21 Å². The minimum absolute atomic E-state index is 0.527. The molecule has 17 heavy (non-hydrogen) atoms. The van der Waals surface area contributed by atoms with Crippen molar-refractivity contribution in [3.8, 4) is 0 Å². The molecule has 0 saturated carbocycles. The van der Waals surface area contributed by atoms with Gasteiger partial charge in [-0.05, 0) is 42.9 Å². The highest BCUT2D eigenvalue weighted by atomic mass is 14.9. The van der Waals surface area contributed by atoms with E-state index in [0.717, 1.165) is 13.0 Å². The highest BCUT2D eigenvalue weighted by Gasteiger charge is 2.08. The number of hydrogen-bond acceptors (Lipinski definition) is 3. The first kappa shape index (κ1) is 11.8. The van der Waals surface area contributed by atoms with Crippen molar-refractivity contribution in [2.24, 2.45) is 10.9 Å². The second-order valence-electron chi connectivity index (χ2n) is 4.73. The van der Waals surface area contributed by atoms with Gasteiger partial charge in [-0.2, -0.15) is 0 Å². The van der Waals surface area contributed by atoms with Gasteiger partial charge < -0.3 is 5.32 Å². The second-order valence-corrected chi connectivity index (χ2v) is 4.73. The van der Waals surface area contributed by atoms with E-state index in [1.54, 1.807) is 0 Å². The predicted octanol–water partition coefficient (Wildman–Crippen LogP) is 2.74. The lowest BCUT2D eigenvalue weighted by molar-refractivity contribution is 0.668. The quantitative estimate of drug-likeness (QED) is 0.865. The third kappa shape index (κ3) is 2.93. The van der Waals surface area contributed by atoms with E-state index in [9.17, 15) is 0 Å². The van der Waals surface area contributed by atoms with Crippen LogP contribution in [0.1, 0.15) is 30.0 Å². The van der Waals surface area contributed by atoms with Gasteiger partial charge in [0.25, 0.3) is 0 Å². The van der Waals surface area contributed by atoms with Crippen LogP contribution in [0.15, 0.2) is 29.3 Å². The molecule has 1 aromatic heterocycles. The average molecular weight is 229 g/mol. The first-order chi connectivity index (χ1) is 8.16. The number of pyridine rings is 1. The molecule has 1 atom stereocenters. The molecular weight excluding hydrogens is 210 g/mol. The molecular formula is C14H19N3. The van der Waals surface area contributed by atoms with Crippen molar-refractivity contribution in [2.75, 3.05) is 0 Å². The fourth-order valence-corrected chi connectivity index (χ4v) is 1.92. The minimum atomic E-state index is 0.527. The van der Waals surface area contributed by atoms with Crippen LogP contribution in [-0.2, 0) is 6.54 Å². The molecule has 1 unspecified atom stereocenters. The van der Waals surface area contributed by atoms with Gasteiger partial charge in [-0.15, -0.1) is 0 Å². The molecule has 0 spiro atoms. The van der Waals surface area contributed by atoms with E-state index >= 15 is 0 Å². The lowest BCUT2D eigenvalue weighted by Crippen LogP contribution is -2.18. The van der Waals surface area contributed by atoms with Crippen LogP contribution in [0.2, 0.25) is 0 Å². The van der Waals surface area contributed by atoms with E-state index in [2.05, 4.69) is 36.1 Å². The Hall–Kier alpha value is -1.64. The number of aromatic nitrogens is 1. The summed E-state index contributed by atoms with van der Waals surface area (Å²) in [4.78, 5) is 8.46. The highest BCUT2D eigenvalue weighted by molar-refractivity contribution is 5.63. The summed E-state index contributed by atoms with van der Waals surface area (Å²) in [6, 6.07) is 0. The third-order valence-electron chi connectivity index (χ3n) is 3.19. The molecule has 0 bridgehead atoms. The van der Waals surface area contributed by atoms with Gasteiger partial charge in [0.05, 0.1) is 0 Å². The molecule has 90 valence electrons. The maximum atomic E-state index is 4.23. The molecule has 0 amide bonds. The van der Waals surface area contributed by atoms with Crippen LogP contribution < -0.4 is 5.32 Å². The normalized spacial score (nSPS) is 19.0. The molecule has 1 aliphatic heterocycles. The van der Waals surface area contributed by atoms with Crippen LogP contribution in [0.5, 0.6) is 0 Å². The van der Waals surface area contributed by atoms with Crippen LogP contribution in [0.3, 0.4) is 0 Å². The molecule has 3 heteroatoms. The zero-order chi connectivity index (χ0) is 12.3. The summed E-state index contributed by atoms with van der Waals surface area (Å²) in [6.07, 6.45) is 8.79. The van der Waals surface area contributed by atoms with Crippen molar-refractivity contribution in [3.05, 3.63) is 41.0 Å². The summed E-state index contributed by atoms with van der Waals surface area (Å²) in [5.74, 6) is 0.527. The lowest BCUT2D eigenvalue weighted by atomic mass is 10.0. The van der Waals surface area contributed by atoms with Crippen LogP contribution in [0, 0.1) is 19.8 Å². The number of rotatable bonds is 3. The second kappa shape index (κ2) is 5.13. The maximum Gasteiger partial charge on any atom is 0.0453 e. The van der Waals surface area contributed by atoms with E-state index < -0.39 is 0 Å². The number of aryl methyl sites for hydroxylation is 1. The lowest BCUT2D eigenvalue weighted by Gasteiger charge is -2.16. The molecule has 2 rings (SSSR count). The molecule has 0 saturated heterocycles. The molecule has 1 aliphatic rings. The Morgan fingerprint density at radius 2 is 2.18 bits per heavy atom. The summed E-state index contributed by atoms with van der Waals surface area (Å²) < 4.78 is 0. The molecule has 2 heterocycles. The zero-order valence-electron chi connectivity index (χ0n) is 10.7. The summed E-state index contributed by atoms with van der Waals surface area (Å²) in [7, 11) is 0.